The van der Waals surface area contributed by atoms with E-state index in [1.807, 2.05) is 4.90 Å². The van der Waals surface area contributed by atoms with Gasteiger partial charge in [0.05, 0.1) is 0 Å². The molecule has 1 atom stereocenters. The van der Waals surface area contributed by atoms with E-state index in [4.69, 9.17) is 16.3 Å². The van der Waals surface area contributed by atoms with E-state index < -0.39 is 0 Å². The van der Waals surface area contributed by atoms with Crippen LogP contribution in [-0.2, 0) is 16.0 Å². The molecule has 1 amide bonds. The molecule has 2 aliphatic rings. The lowest BCUT2D eigenvalue weighted by atomic mass is 10.1. The molecular weight excluding hydrogens is 371 g/mol. The maximum Gasteiger partial charge on any atom is 0.251 e. The third-order valence-electron chi connectivity index (χ3n) is 5.03. The molecule has 0 bridgehead atoms. The van der Waals surface area contributed by atoms with Crippen molar-refractivity contribution < 1.29 is 13.9 Å². The molecule has 3 rings (SSSR count). The predicted molar refractivity (Wildman–Crippen MR) is 104 cm³/mol. The summed E-state index contributed by atoms with van der Waals surface area (Å²) in [5.74, 6) is 0.566. The van der Waals surface area contributed by atoms with Crippen molar-refractivity contribution in [3.63, 3.8) is 0 Å². The number of amides is 1. The summed E-state index contributed by atoms with van der Waals surface area (Å²) in [5.41, 5.74) is 0.508. The highest BCUT2D eigenvalue weighted by atomic mass is 35.5. The van der Waals surface area contributed by atoms with Gasteiger partial charge in [-0.05, 0) is 31.4 Å². The summed E-state index contributed by atoms with van der Waals surface area (Å²) >= 11 is 6.07. The van der Waals surface area contributed by atoms with Crippen LogP contribution in [-0.4, -0.2) is 74.1 Å². The first-order valence-electron chi connectivity index (χ1n) is 9.39. The van der Waals surface area contributed by atoms with Crippen LogP contribution in [0.1, 0.15) is 18.4 Å². The van der Waals surface area contributed by atoms with E-state index in [9.17, 15) is 9.18 Å². The van der Waals surface area contributed by atoms with Crippen molar-refractivity contribution in [2.75, 3.05) is 46.4 Å². The SMILES string of the molecule is CN=C(NCCc1c(F)cccc1Cl)N1CCN(C(=O)C2CCCO2)CC1. The van der Waals surface area contributed by atoms with Crippen molar-refractivity contribution in [1.29, 1.82) is 0 Å². The Balaban J connectivity index is 1.47. The minimum absolute atomic E-state index is 0.101. The quantitative estimate of drug-likeness (QED) is 0.624. The monoisotopic (exact) mass is 396 g/mol. The molecular formula is C19H26ClFN4O2. The molecule has 0 spiro atoms. The summed E-state index contributed by atoms with van der Waals surface area (Å²) in [4.78, 5) is 20.7. The van der Waals surface area contributed by atoms with E-state index in [0.717, 1.165) is 18.8 Å². The first-order chi connectivity index (χ1) is 13.1. The Morgan fingerprint density at radius 1 is 1.33 bits per heavy atom. The van der Waals surface area contributed by atoms with Crippen LogP contribution in [0.15, 0.2) is 23.2 Å². The molecule has 1 N–H and O–H groups in total. The third-order valence-corrected chi connectivity index (χ3v) is 5.38. The number of ether oxygens (including phenoxy) is 1. The molecule has 2 saturated heterocycles. The van der Waals surface area contributed by atoms with Gasteiger partial charge in [0.1, 0.15) is 11.9 Å². The molecule has 0 saturated carbocycles. The van der Waals surface area contributed by atoms with Gasteiger partial charge in [-0.25, -0.2) is 4.39 Å². The van der Waals surface area contributed by atoms with E-state index in [2.05, 4.69) is 15.2 Å². The molecule has 1 unspecified atom stereocenters. The molecule has 2 heterocycles. The Morgan fingerprint density at radius 2 is 2.07 bits per heavy atom. The zero-order valence-electron chi connectivity index (χ0n) is 15.6. The number of benzene rings is 1. The molecule has 8 heteroatoms. The number of rotatable bonds is 4. The van der Waals surface area contributed by atoms with Crippen LogP contribution in [0.4, 0.5) is 4.39 Å². The van der Waals surface area contributed by atoms with E-state index in [0.29, 0.717) is 56.3 Å². The summed E-state index contributed by atoms with van der Waals surface area (Å²) in [6.07, 6.45) is 1.99. The lowest BCUT2D eigenvalue weighted by molar-refractivity contribution is -0.142. The van der Waals surface area contributed by atoms with Crippen molar-refractivity contribution in [3.05, 3.63) is 34.6 Å². The lowest BCUT2D eigenvalue weighted by Crippen LogP contribution is -2.55. The van der Waals surface area contributed by atoms with Gasteiger partial charge in [0, 0.05) is 57.0 Å². The molecule has 1 aromatic carbocycles. The van der Waals surface area contributed by atoms with Crippen LogP contribution in [0.3, 0.4) is 0 Å². The summed E-state index contributed by atoms with van der Waals surface area (Å²) in [7, 11) is 1.72. The van der Waals surface area contributed by atoms with Gasteiger partial charge in [0.2, 0.25) is 0 Å². The van der Waals surface area contributed by atoms with E-state index in [-0.39, 0.29) is 17.8 Å². The van der Waals surface area contributed by atoms with Crippen molar-refractivity contribution in [1.82, 2.24) is 15.1 Å². The summed E-state index contributed by atoms with van der Waals surface area (Å²) in [5, 5.41) is 3.70. The normalized spacial score (nSPS) is 20.9. The average Bonchev–Trinajstić information content (AvgIpc) is 3.22. The Labute approximate surface area is 164 Å². The number of piperazine rings is 1. The molecule has 1 aromatic rings. The highest BCUT2D eigenvalue weighted by molar-refractivity contribution is 6.31. The maximum absolute atomic E-state index is 13.9. The van der Waals surface area contributed by atoms with Gasteiger partial charge in [-0.3, -0.25) is 9.79 Å². The highest BCUT2D eigenvalue weighted by Gasteiger charge is 2.30. The second-order valence-electron chi connectivity index (χ2n) is 6.74. The number of hydrogen-bond donors (Lipinski definition) is 1. The molecule has 148 valence electrons. The van der Waals surface area contributed by atoms with Gasteiger partial charge >= 0.3 is 0 Å². The van der Waals surface area contributed by atoms with E-state index >= 15 is 0 Å². The minimum Gasteiger partial charge on any atom is -0.368 e. The third kappa shape index (κ3) is 4.90. The number of nitrogens with one attached hydrogen (secondary N) is 1. The maximum atomic E-state index is 13.9. The number of halogens is 2. The second kappa shape index (κ2) is 9.37. The number of nitrogens with zero attached hydrogens (tertiary/aromatic N) is 3. The average molecular weight is 397 g/mol. The summed E-state index contributed by atoms with van der Waals surface area (Å²) < 4.78 is 19.4. The Hall–Kier alpha value is -1.86. The van der Waals surface area contributed by atoms with Crippen LogP contribution < -0.4 is 5.32 Å². The molecule has 6 nitrogen and oxygen atoms in total. The van der Waals surface area contributed by atoms with Crippen molar-refractivity contribution >= 4 is 23.5 Å². The summed E-state index contributed by atoms with van der Waals surface area (Å²) in [6, 6.07) is 4.71. The van der Waals surface area contributed by atoms with Crippen molar-refractivity contribution in [3.8, 4) is 0 Å². The molecule has 2 fully saturated rings. The predicted octanol–water partition coefficient (Wildman–Crippen LogP) is 1.92. The fraction of sp³-hybridized carbons (Fsp3) is 0.579. The van der Waals surface area contributed by atoms with Crippen LogP contribution in [0.2, 0.25) is 5.02 Å². The number of hydrogen-bond acceptors (Lipinski definition) is 3. The van der Waals surface area contributed by atoms with Crippen molar-refractivity contribution in [2.45, 2.75) is 25.4 Å². The van der Waals surface area contributed by atoms with Gasteiger partial charge in [-0.1, -0.05) is 17.7 Å². The smallest absolute Gasteiger partial charge is 0.251 e. The zero-order chi connectivity index (χ0) is 19.2. The van der Waals surface area contributed by atoms with Gasteiger partial charge < -0.3 is 19.9 Å². The Morgan fingerprint density at radius 3 is 2.70 bits per heavy atom. The fourth-order valence-corrected chi connectivity index (χ4v) is 3.77. The minimum atomic E-state index is -0.291. The standard InChI is InChI=1S/C19H26ClFN4O2/c1-22-19(23-8-7-14-15(20)4-2-5-16(14)21)25-11-9-24(10-12-25)18(26)17-6-3-13-27-17/h2,4-5,17H,3,6-13H2,1H3,(H,22,23). The van der Waals surface area contributed by atoms with Gasteiger partial charge in [0.25, 0.3) is 5.91 Å². The largest absolute Gasteiger partial charge is 0.368 e. The first-order valence-corrected chi connectivity index (χ1v) is 9.77. The topological polar surface area (TPSA) is 57.2 Å². The highest BCUT2D eigenvalue weighted by Crippen LogP contribution is 2.19. The Bertz CT molecular complexity index is 666. The number of guanidine groups is 1. The number of carbonyl (C=O) groups excluding carboxylic acids is 1. The number of aliphatic imine (C=N–C) groups is 1. The molecule has 27 heavy (non-hydrogen) atoms. The van der Waals surface area contributed by atoms with Gasteiger partial charge in [-0.15, -0.1) is 0 Å². The van der Waals surface area contributed by atoms with Gasteiger partial charge in [0.15, 0.2) is 5.96 Å². The molecule has 2 aliphatic heterocycles. The first kappa shape index (κ1) is 19.9. The van der Waals surface area contributed by atoms with E-state index in [1.165, 1.54) is 6.07 Å². The fourth-order valence-electron chi connectivity index (χ4n) is 3.52. The van der Waals surface area contributed by atoms with Crippen LogP contribution >= 0.6 is 11.6 Å². The number of carbonyl (C=O) groups is 1. The molecule has 0 aromatic heterocycles. The van der Waals surface area contributed by atoms with Crippen LogP contribution in [0, 0.1) is 5.82 Å². The zero-order valence-corrected chi connectivity index (χ0v) is 16.3. The Kier molecular flexibility index (Phi) is 6.90. The lowest BCUT2D eigenvalue weighted by Gasteiger charge is -2.37. The molecule has 0 aliphatic carbocycles. The second-order valence-corrected chi connectivity index (χ2v) is 7.15. The van der Waals surface area contributed by atoms with Crippen molar-refractivity contribution in [2.24, 2.45) is 4.99 Å². The van der Waals surface area contributed by atoms with E-state index in [1.54, 1.807) is 19.2 Å². The van der Waals surface area contributed by atoms with Gasteiger partial charge in [-0.2, -0.15) is 0 Å². The summed E-state index contributed by atoms with van der Waals surface area (Å²) in [6.45, 7) is 3.93. The van der Waals surface area contributed by atoms with Crippen LogP contribution in [0.25, 0.3) is 0 Å². The molecule has 0 radical (unpaired) electrons. The van der Waals surface area contributed by atoms with Crippen LogP contribution in [0.5, 0.6) is 0 Å².